The molecule has 1 aliphatic heterocycles. The third kappa shape index (κ3) is 3.74. The van der Waals surface area contributed by atoms with Crippen molar-refractivity contribution < 1.29 is 4.79 Å². The van der Waals surface area contributed by atoms with E-state index in [0.29, 0.717) is 12.6 Å². The van der Waals surface area contributed by atoms with Gasteiger partial charge in [0.2, 0.25) is 0 Å². The van der Waals surface area contributed by atoms with Gasteiger partial charge in [0.15, 0.2) is 0 Å². The number of likely N-dealkylation sites (tertiary alicyclic amines) is 1. The van der Waals surface area contributed by atoms with Gasteiger partial charge in [-0.2, -0.15) is 0 Å². The van der Waals surface area contributed by atoms with Crippen molar-refractivity contribution in [2.24, 2.45) is 5.73 Å². The lowest BCUT2D eigenvalue weighted by molar-refractivity contribution is 0.139. The molecule has 0 radical (unpaired) electrons. The van der Waals surface area contributed by atoms with E-state index in [9.17, 15) is 4.79 Å². The maximum Gasteiger partial charge on any atom is 0.312 e. The highest BCUT2D eigenvalue weighted by Crippen LogP contribution is 2.19. The van der Waals surface area contributed by atoms with Crippen LogP contribution in [0.4, 0.5) is 4.79 Å². The minimum Gasteiger partial charge on any atom is -0.352 e. The molecular weight excluding hydrogens is 226 g/mol. The van der Waals surface area contributed by atoms with Crippen LogP contribution in [0.3, 0.4) is 0 Å². The Labute approximate surface area is 108 Å². The minimum absolute atomic E-state index is 0.409. The van der Waals surface area contributed by atoms with Gasteiger partial charge in [0.05, 0.1) is 0 Å². The summed E-state index contributed by atoms with van der Waals surface area (Å²) in [5.74, 6) is 0. The maximum atomic E-state index is 10.8. The summed E-state index contributed by atoms with van der Waals surface area (Å²) in [6.45, 7) is 2.70. The number of carbonyl (C=O) groups excluding carboxylic acids is 1. The lowest BCUT2D eigenvalue weighted by atomic mass is 10.0. The van der Waals surface area contributed by atoms with E-state index < -0.39 is 6.03 Å². The van der Waals surface area contributed by atoms with Crippen LogP contribution in [0.2, 0.25) is 0 Å². The van der Waals surface area contributed by atoms with Gasteiger partial charge in [0.1, 0.15) is 0 Å². The van der Waals surface area contributed by atoms with E-state index in [2.05, 4.69) is 34.5 Å². The van der Waals surface area contributed by atoms with Gasteiger partial charge in [-0.05, 0) is 24.9 Å². The predicted octanol–water partition coefficient (Wildman–Crippen LogP) is 1.71. The third-order valence-electron chi connectivity index (χ3n) is 3.49. The van der Waals surface area contributed by atoms with E-state index in [-0.39, 0.29) is 0 Å². The smallest absolute Gasteiger partial charge is 0.312 e. The molecule has 0 saturated carbocycles. The Hall–Kier alpha value is -1.55. The van der Waals surface area contributed by atoms with Crippen LogP contribution < -0.4 is 11.1 Å². The van der Waals surface area contributed by atoms with Crippen LogP contribution in [0, 0.1) is 0 Å². The molecule has 1 saturated heterocycles. The van der Waals surface area contributed by atoms with Gasteiger partial charge in [-0.25, -0.2) is 4.79 Å². The number of piperidine rings is 1. The molecular formula is C14H21N3O. The fourth-order valence-electron chi connectivity index (χ4n) is 2.54. The molecule has 2 rings (SSSR count). The van der Waals surface area contributed by atoms with Gasteiger partial charge in [0.25, 0.3) is 0 Å². The molecule has 0 aliphatic carbocycles. The van der Waals surface area contributed by atoms with E-state index in [1.54, 1.807) is 0 Å². The normalized spacial score (nSPS) is 20.6. The van der Waals surface area contributed by atoms with E-state index in [1.165, 1.54) is 18.4 Å². The van der Waals surface area contributed by atoms with Gasteiger partial charge < -0.3 is 11.1 Å². The Morgan fingerprint density at radius 1 is 1.33 bits per heavy atom. The van der Waals surface area contributed by atoms with Crippen LogP contribution in [0.5, 0.6) is 0 Å². The standard InChI is InChI=1S/C14H21N3O/c15-14(18)16-10-13-8-4-5-9-17(13)11-12-6-2-1-3-7-12/h1-3,6-7,13H,4-5,8-11H2,(H3,15,16,18). The van der Waals surface area contributed by atoms with Crippen molar-refractivity contribution >= 4 is 6.03 Å². The first kappa shape index (κ1) is 12.9. The third-order valence-corrected chi connectivity index (χ3v) is 3.49. The van der Waals surface area contributed by atoms with Crippen molar-refractivity contribution in [2.75, 3.05) is 13.1 Å². The number of benzene rings is 1. The summed E-state index contributed by atoms with van der Waals surface area (Å²) in [4.78, 5) is 13.2. The van der Waals surface area contributed by atoms with E-state index in [0.717, 1.165) is 19.5 Å². The Morgan fingerprint density at radius 2 is 2.11 bits per heavy atom. The maximum absolute atomic E-state index is 10.8. The zero-order valence-electron chi connectivity index (χ0n) is 10.6. The number of urea groups is 1. The summed E-state index contributed by atoms with van der Waals surface area (Å²) < 4.78 is 0. The molecule has 4 heteroatoms. The Balaban J connectivity index is 1.93. The Morgan fingerprint density at radius 3 is 2.83 bits per heavy atom. The summed E-state index contributed by atoms with van der Waals surface area (Å²) in [7, 11) is 0. The molecule has 1 heterocycles. The predicted molar refractivity (Wildman–Crippen MR) is 72.1 cm³/mol. The molecule has 18 heavy (non-hydrogen) atoms. The highest BCUT2D eigenvalue weighted by atomic mass is 16.2. The quantitative estimate of drug-likeness (QED) is 0.851. The first-order valence-corrected chi connectivity index (χ1v) is 6.57. The minimum atomic E-state index is -0.430. The molecule has 2 amide bonds. The van der Waals surface area contributed by atoms with Gasteiger partial charge in [-0.1, -0.05) is 36.8 Å². The van der Waals surface area contributed by atoms with Gasteiger partial charge in [0, 0.05) is 19.1 Å². The average Bonchev–Trinajstić information content (AvgIpc) is 2.39. The number of nitrogens with two attached hydrogens (primary N) is 1. The molecule has 0 aromatic heterocycles. The molecule has 1 aromatic carbocycles. The van der Waals surface area contributed by atoms with Crippen molar-refractivity contribution in [3.8, 4) is 0 Å². The SMILES string of the molecule is NC(=O)NCC1CCCCN1Cc1ccccc1. The lowest BCUT2D eigenvalue weighted by Gasteiger charge is -2.35. The molecule has 3 N–H and O–H groups in total. The van der Waals surface area contributed by atoms with E-state index in [4.69, 9.17) is 5.73 Å². The van der Waals surface area contributed by atoms with Crippen LogP contribution in [-0.2, 0) is 6.54 Å². The summed E-state index contributed by atoms with van der Waals surface area (Å²) >= 11 is 0. The number of hydrogen-bond acceptors (Lipinski definition) is 2. The summed E-state index contributed by atoms with van der Waals surface area (Å²) in [5.41, 5.74) is 6.46. The lowest BCUT2D eigenvalue weighted by Crippen LogP contribution is -2.47. The highest BCUT2D eigenvalue weighted by molar-refractivity contribution is 5.71. The first-order valence-electron chi connectivity index (χ1n) is 6.57. The van der Waals surface area contributed by atoms with Crippen molar-refractivity contribution in [1.82, 2.24) is 10.2 Å². The van der Waals surface area contributed by atoms with E-state index in [1.807, 2.05) is 6.07 Å². The fourth-order valence-corrected chi connectivity index (χ4v) is 2.54. The van der Waals surface area contributed by atoms with Gasteiger partial charge >= 0.3 is 6.03 Å². The number of nitrogens with one attached hydrogen (secondary N) is 1. The summed E-state index contributed by atoms with van der Waals surface area (Å²) in [6.07, 6.45) is 3.60. The highest BCUT2D eigenvalue weighted by Gasteiger charge is 2.22. The molecule has 1 aliphatic rings. The zero-order chi connectivity index (χ0) is 12.8. The summed E-state index contributed by atoms with van der Waals surface area (Å²) in [6, 6.07) is 10.4. The second-order valence-corrected chi connectivity index (χ2v) is 4.85. The van der Waals surface area contributed by atoms with Gasteiger partial charge in [-0.3, -0.25) is 4.90 Å². The van der Waals surface area contributed by atoms with E-state index >= 15 is 0 Å². The second-order valence-electron chi connectivity index (χ2n) is 4.85. The zero-order valence-corrected chi connectivity index (χ0v) is 10.6. The monoisotopic (exact) mass is 247 g/mol. The molecule has 1 atom stereocenters. The molecule has 98 valence electrons. The molecule has 1 aromatic rings. The largest absolute Gasteiger partial charge is 0.352 e. The van der Waals surface area contributed by atoms with Crippen molar-refractivity contribution in [2.45, 2.75) is 31.8 Å². The number of hydrogen-bond donors (Lipinski definition) is 2. The number of amides is 2. The van der Waals surface area contributed by atoms with Crippen LogP contribution in [-0.4, -0.2) is 30.1 Å². The average molecular weight is 247 g/mol. The van der Waals surface area contributed by atoms with Crippen molar-refractivity contribution in [1.29, 1.82) is 0 Å². The van der Waals surface area contributed by atoms with Crippen LogP contribution in [0.25, 0.3) is 0 Å². The molecule has 4 nitrogen and oxygen atoms in total. The first-order chi connectivity index (χ1) is 8.75. The van der Waals surface area contributed by atoms with Crippen LogP contribution in [0.1, 0.15) is 24.8 Å². The molecule has 0 bridgehead atoms. The van der Waals surface area contributed by atoms with Crippen LogP contribution in [0.15, 0.2) is 30.3 Å². The number of carbonyl (C=O) groups is 1. The van der Waals surface area contributed by atoms with Crippen LogP contribution >= 0.6 is 0 Å². The summed E-state index contributed by atoms with van der Waals surface area (Å²) in [5, 5.41) is 2.73. The Kier molecular flexibility index (Phi) is 4.59. The fraction of sp³-hybridized carbons (Fsp3) is 0.500. The molecule has 0 spiro atoms. The number of primary amides is 1. The number of nitrogens with zero attached hydrogens (tertiary/aromatic N) is 1. The topological polar surface area (TPSA) is 58.4 Å². The molecule has 1 fully saturated rings. The van der Waals surface area contributed by atoms with Crippen molar-refractivity contribution in [3.05, 3.63) is 35.9 Å². The van der Waals surface area contributed by atoms with Gasteiger partial charge in [-0.15, -0.1) is 0 Å². The van der Waals surface area contributed by atoms with Crippen molar-refractivity contribution in [3.63, 3.8) is 0 Å². The number of rotatable bonds is 4. The second kappa shape index (κ2) is 6.40. The Bertz CT molecular complexity index is 380. The molecule has 1 unspecified atom stereocenters.